The molecule has 1 atom stereocenters. The molecular weight excluding hydrogens is 430 g/mol. The Hall–Kier alpha value is -2.19. The average Bonchev–Trinajstić information content (AvgIpc) is 3.38. The van der Waals surface area contributed by atoms with Gasteiger partial charge in [-0.25, -0.2) is 8.42 Å². The van der Waals surface area contributed by atoms with Crippen LogP contribution in [0.5, 0.6) is 0 Å². The third-order valence-electron chi connectivity index (χ3n) is 5.68. The highest BCUT2D eigenvalue weighted by Crippen LogP contribution is 2.30. The quantitative estimate of drug-likeness (QED) is 0.478. The van der Waals surface area contributed by atoms with Crippen molar-refractivity contribution in [2.24, 2.45) is 10.9 Å². The number of carbonyl (C=O) groups is 1. The van der Waals surface area contributed by atoms with E-state index in [-0.39, 0.29) is 16.8 Å². The van der Waals surface area contributed by atoms with Crippen molar-refractivity contribution in [3.05, 3.63) is 52.2 Å². The Balaban J connectivity index is 1.44. The maximum Gasteiger partial charge on any atom is 0.263 e. The molecule has 0 saturated carbocycles. The maximum atomic E-state index is 12.5. The number of fused-ring (bicyclic) bond motifs is 1. The fourth-order valence-corrected chi connectivity index (χ4v) is 6.03. The van der Waals surface area contributed by atoms with Crippen molar-refractivity contribution in [3.63, 3.8) is 0 Å². The zero-order valence-corrected chi connectivity index (χ0v) is 19.8. The lowest BCUT2D eigenvalue weighted by Crippen LogP contribution is -2.32. The van der Waals surface area contributed by atoms with Crippen LogP contribution in [0, 0.1) is 5.92 Å². The molecule has 0 radical (unpaired) electrons. The van der Waals surface area contributed by atoms with Crippen LogP contribution in [0.4, 0.5) is 0 Å². The second-order valence-corrected chi connectivity index (χ2v) is 10.4. The van der Waals surface area contributed by atoms with Gasteiger partial charge in [-0.3, -0.25) is 14.5 Å². The summed E-state index contributed by atoms with van der Waals surface area (Å²) in [6, 6.07) is 11.1. The van der Waals surface area contributed by atoms with Crippen molar-refractivity contribution in [3.8, 4) is 0 Å². The number of rotatable bonds is 11. The molecule has 1 aliphatic rings. The smallest absolute Gasteiger partial charge is 0.263 e. The molecule has 1 unspecified atom stereocenters. The molecule has 8 heteroatoms. The largest absolute Gasteiger partial charge is 0.348 e. The molecule has 0 bridgehead atoms. The molecular formula is C23H31N3O3S2. The minimum Gasteiger partial charge on any atom is -0.348 e. The SMILES string of the molecule is CCC(CC)C(NC(=O)CCCCCN=C1NS(=O)(=O)c2ccccc21)c1cccs1. The van der Waals surface area contributed by atoms with Gasteiger partial charge in [0.25, 0.3) is 10.0 Å². The Morgan fingerprint density at radius 2 is 1.87 bits per heavy atom. The Morgan fingerprint density at radius 3 is 2.58 bits per heavy atom. The number of hydrogen-bond acceptors (Lipinski definition) is 5. The van der Waals surface area contributed by atoms with Crippen LogP contribution in [0.3, 0.4) is 0 Å². The van der Waals surface area contributed by atoms with Crippen LogP contribution in [0.15, 0.2) is 51.7 Å². The number of hydrogen-bond donors (Lipinski definition) is 2. The first-order valence-electron chi connectivity index (χ1n) is 11.0. The predicted molar refractivity (Wildman–Crippen MR) is 126 cm³/mol. The second-order valence-electron chi connectivity index (χ2n) is 7.78. The van der Waals surface area contributed by atoms with Crippen LogP contribution in [-0.2, 0) is 14.8 Å². The summed E-state index contributed by atoms with van der Waals surface area (Å²) < 4.78 is 26.7. The van der Waals surface area contributed by atoms with E-state index in [4.69, 9.17) is 0 Å². The highest BCUT2D eigenvalue weighted by Gasteiger charge is 2.29. The van der Waals surface area contributed by atoms with Crippen LogP contribution in [0.1, 0.15) is 68.9 Å². The molecule has 0 aliphatic carbocycles. The van der Waals surface area contributed by atoms with Gasteiger partial charge >= 0.3 is 0 Å². The highest BCUT2D eigenvalue weighted by atomic mass is 32.2. The average molecular weight is 462 g/mol. The van der Waals surface area contributed by atoms with Gasteiger partial charge in [0.2, 0.25) is 5.91 Å². The number of thiophene rings is 1. The van der Waals surface area contributed by atoms with Crippen molar-refractivity contribution in [2.45, 2.75) is 63.3 Å². The molecule has 2 N–H and O–H groups in total. The first-order chi connectivity index (χ1) is 15.0. The highest BCUT2D eigenvalue weighted by molar-refractivity contribution is 7.90. The zero-order valence-electron chi connectivity index (χ0n) is 18.1. The van der Waals surface area contributed by atoms with E-state index in [0.29, 0.717) is 30.3 Å². The number of nitrogens with zero attached hydrogens (tertiary/aromatic N) is 1. The van der Waals surface area contributed by atoms with Gasteiger partial charge < -0.3 is 5.32 Å². The molecule has 6 nitrogen and oxygen atoms in total. The van der Waals surface area contributed by atoms with Gasteiger partial charge in [0.05, 0.1) is 10.9 Å². The van der Waals surface area contributed by atoms with Crippen molar-refractivity contribution in [2.75, 3.05) is 6.54 Å². The normalized spacial score (nSPS) is 16.8. The van der Waals surface area contributed by atoms with Gasteiger partial charge in [0.15, 0.2) is 0 Å². The number of carbonyl (C=O) groups excluding carboxylic acids is 1. The number of unbranched alkanes of at least 4 members (excludes halogenated alkanes) is 2. The van der Waals surface area contributed by atoms with Gasteiger partial charge in [0.1, 0.15) is 5.84 Å². The van der Waals surface area contributed by atoms with Gasteiger partial charge in [-0.15, -0.1) is 11.3 Å². The van der Waals surface area contributed by atoms with E-state index < -0.39 is 10.0 Å². The van der Waals surface area contributed by atoms with E-state index in [1.54, 1.807) is 35.6 Å². The minimum atomic E-state index is -3.49. The van der Waals surface area contributed by atoms with E-state index >= 15 is 0 Å². The first-order valence-corrected chi connectivity index (χ1v) is 13.3. The van der Waals surface area contributed by atoms with Crippen LogP contribution in [0.2, 0.25) is 0 Å². The molecule has 3 rings (SSSR count). The number of sulfonamides is 1. The Bertz CT molecular complexity index is 997. The van der Waals surface area contributed by atoms with Crippen molar-refractivity contribution >= 4 is 33.1 Å². The summed E-state index contributed by atoms with van der Waals surface area (Å²) in [7, 11) is -3.49. The fraction of sp³-hybridized carbons (Fsp3) is 0.478. The van der Waals surface area contributed by atoms with Gasteiger partial charge in [-0.05, 0) is 42.3 Å². The van der Waals surface area contributed by atoms with Crippen LogP contribution in [-0.4, -0.2) is 26.7 Å². The molecule has 0 saturated heterocycles. The minimum absolute atomic E-state index is 0.0874. The summed E-state index contributed by atoms with van der Waals surface area (Å²) in [5, 5.41) is 5.30. The predicted octanol–water partition coefficient (Wildman–Crippen LogP) is 4.64. The molecule has 2 aromatic rings. The number of amidine groups is 1. The van der Waals surface area contributed by atoms with E-state index in [1.807, 2.05) is 6.07 Å². The standard InChI is InChI=1S/C23H31N3O3S2/c1-3-17(4-2)22(19-12-10-16-30-19)25-21(27)14-6-5-9-15-24-23-18-11-7-8-13-20(18)31(28,29)26-23/h7-8,10-13,16-17,22H,3-6,9,14-15H2,1-2H3,(H,24,26)(H,25,27). The summed E-state index contributed by atoms with van der Waals surface area (Å²) in [4.78, 5) is 18.5. The third kappa shape index (κ3) is 5.95. The summed E-state index contributed by atoms with van der Waals surface area (Å²) in [6.07, 6.45) is 5.03. The molecule has 1 aliphatic heterocycles. The van der Waals surface area contributed by atoms with E-state index in [0.717, 1.165) is 32.1 Å². The van der Waals surface area contributed by atoms with E-state index in [1.165, 1.54) is 4.88 Å². The number of nitrogens with one attached hydrogen (secondary N) is 2. The summed E-state index contributed by atoms with van der Waals surface area (Å²) in [5.41, 5.74) is 0.628. The second kappa shape index (κ2) is 10.9. The van der Waals surface area contributed by atoms with Gasteiger partial charge in [-0.1, -0.05) is 51.3 Å². The van der Waals surface area contributed by atoms with Crippen LogP contribution >= 0.6 is 11.3 Å². The van der Waals surface area contributed by atoms with Crippen molar-refractivity contribution < 1.29 is 13.2 Å². The van der Waals surface area contributed by atoms with Crippen molar-refractivity contribution in [1.29, 1.82) is 0 Å². The van der Waals surface area contributed by atoms with E-state index in [9.17, 15) is 13.2 Å². The molecule has 1 amide bonds. The lowest BCUT2D eigenvalue weighted by atomic mass is 9.93. The molecule has 31 heavy (non-hydrogen) atoms. The lowest BCUT2D eigenvalue weighted by Gasteiger charge is -2.25. The molecule has 0 fully saturated rings. The first kappa shape index (κ1) is 23.5. The molecule has 1 aromatic carbocycles. The fourth-order valence-electron chi connectivity index (χ4n) is 3.91. The Kier molecular flexibility index (Phi) is 8.26. The number of aliphatic imine (C=N–C) groups is 1. The molecule has 1 aromatic heterocycles. The van der Waals surface area contributed by atoms with Crippen LogP contribution in [0.25, 0.3) is 0 Å². The van der Waals surface area contributed by atoms with Gasteiger partial charge in [0, 0.05) is 23.4 Å². The summed E-state index contributed by atoms with van der Waals surface area (Å²) >= 11 is 1.70. The Labute approximate surface area is 189 Å². The summed E-state index contributed by atoms with van der Waals surface area (Å²) in [6.45, 7) is 4.87. The lowest BCUT2D eigenvalue weighted by molar-refractivity contribution is -0.122. The molecule has 0 spiro atoms. The monoisotopic (exact) mass is 461 g/mol. The topological polar surface area (TPSA) is 87.6 Å². The van der Waals surface area contributed by atoms with E-state index in [2.05, 4.69) is 40.3 Å². The third-order valence-corrected chi connectivity index (χ3v) is 8.03. The summed E-state index contributed by atoms with van der Waals surface area (Å²) in [5.74, 6) is 0.947. The zero-order chi connectivity index (χ0) is 22.3. The molecule has 168 valence electrons. The Morgan fingerprint density at radius 1 is 1.10 bits per heavy atom. The molecule has 2 heterocycles. The number of benzene rings is 1. The van der Waals surface area contributed by atoms with Crippen molar-refractivity contribution in [1.82, 2.24) is 10.0 Å². The number of amides is 1. The van der Waals surface area contributed by atoms with Gasteiger partial charge in [-0.2, -0.15) is 0 Å². The maximum absolute atomic E-state index is 12.5. The van der Waals surface area contributed by atoms with Crippen LogP contribution < -0.4 is 10.0 Å².